The highest BCUT2D eigenvalue weighted by molar-refractivity contribution is 6.31. The number of aromatic nitrogens is 2. The molecule has 11 heteroatoms. The van der Waals surface area contributed by atoms with Crippen LogP contribution in [0.15, 0.2) is 77.9 Å². The molecule has 1 amide bonds. The summed E-state index contributed by atoms with van der Waals surface area (Å²) >= 11 is 6.07. The second kappa shape index (κ2) is 13.2. The van der Waals surface area contributed by atoms with Crippen LogP contribution in [-0.2, 0) is 4.74 Å². The number of fused-ring (bicyclic) bond motifs is 1. The Morgan fingerprint density at radius 1 is 1.16 bits per heavy atom. The summed E-state index contributed by atoms with van der Waals surface area (Å²) in [4.78, 5) is 22.9. The number of allylic oxidation sites excluding steroid dienone is 1. The number of carbonyl (C=O) groups is 1. The van der Waals surface area contributed by atoms with Gasteiger partial charge in [0.2, 0.25) is 0 Å². The molecule has 3 aromatic carbocycles. The molecule has 4 atom stereocenters. The average Bonchev–Trinajstić information content (AvgIpc) is 3.44. The van der Waals surface area contributed by atoms with Crippen molar-refractivity contribution in [2.24, 2.45) is 4.99 Å². The molecule has 0 radical (unpaired) electrons. The second-order valence-electron chi connectivity index (χ2n) is 10.9. The van der Waals surface area contributed by atoms with E-state index in [1.807, 2.05) is 48.7 Å². The lowest BCUT2D eigenvalue weighted by molar-refractivity contribution is 0.0397. The number of halogens is 2. The Hall–Kier alpha value is -4.25. The van der Waals surface area contributed by atoms with E-state index in [4.69, 9.17) is 26.1 Å². The number of aliphatic hydroxyl groups excluding tert-OH is 1. The summed E-state index contributed by atoms with van der Waals surface area (Å²) in [7, 11) is 1.66. The van der Waals surface area contributed by atoms with Crippen LogP contribution in [0, 0.1) is 5.82 Å². The summed E-state index contributed by atoms with van der Waals surface area (Å²) in [5, 5.41) is 16.0. The number of imidazole rings is 1. The summed E-state index contributed by atoms with van der Waals surface area (Å²) in [6.07, 6.45) is 6.84. The second-order valence-corrected chi connectivity index (χ2v) is 11.3. The van der Waals surface area contributed by atoms with Crippen molar-refractivity contribution in [1.29, 1.82) is 0 Å². The van der Waals surface area contributed by atoms with Gasteiger partial charge in [0.25, 0.3) is 5.91 Å². The molecule has 228 valence electrons. The van der Waals surface area contributed by atoms with Crippen molar-refractivity contribution in [1.82, 2.24) is 20.2 Å². The zero-order valence-electron chi connectivity index (χ0n) is 24.1. The lowest BCUT2D eigenvalue weighted by Gasteiger charge is -2.36. The minimum atomic E-state index is -0.633. The minimum absolute atomic E-state index is 0.100. The Labute approximate surface area is 259 Å². The highest BCUT2D eigenvalue weighted by Crippen LogP contribution is 2.40. The molecular formula is C33H33ClFN5O4. The van der Waals surface area contributed by atoms with Crippen molar-refractivity contribution < 1.29 is 23.8 Å². The first-order chi connectivity index (χ1) is 21.4. The molecule has 0 bridgehead atoms. The largest absolute Gasteiger partial charge is 0.490 e. The molecule has 6 rings (SSSR count). The van der Waals surface area contributed by atoms with Gasteiger partial charge in [0.15, 0.2) is 0 Å². The minimum Gasteiger partial charge on any atom is -0.490 e. The molecule has 1 fully saturated rings. The van der Waals surface area contributed by atoms with Gasteiger partial charge in [-0.25, -0.2) is 9.37 Å². The number of nitrogens with zero attached hydrogens (tertiary/aromatic N) is 3. The van der Waals surface area contributed by atoms with E-state index in [0.717, 1.165) is 22.2 Å². The van der Waals surface area contributed by atoms with Crippen LogP contribution in [0.4, 0.5) is 4.39 Å². The van der Waals surface area contributed by atoms with Crippen molar-refractivity contribution in [2.45, 2.75) is 43.6 Å². The van der Waals surface area contributed by atoms with E-state index < -0.39 is 11.7 Å². The first-order valence-electron chi connectivity index (χ1n) is 14.5. The van der Waals surface area contributed by atoms with Crippen molar-refractivity contribution in [2.75, 3.05) is 20.3 Å². The number of amides is 1. The maximum Gasteiger partial charge on any atom is 0.254 e. The number of hydrogen-bond donors (Lipinski definition) is 3. The Bertz CT molecular complexity index is 1720. The van der Waals surface area contributed by atoms with E-state index in [1.165, 1.54) is 18.2 Å². The fourth-order valence-electron chi connectivity index (χ4n) is 6.02. The number of methoxy groups -OCH3 is 1. The van der Waals surface area contributed by atoms with E-state index in [-0.39, 0.29) is 48.2 Å². The number of hydrogen-bond acceptors (Lipinski definition) is 7. The molecule has 1 unspecified atom stereocenters. The monoisotopic (exact) mass is 617 g/mol. The van der Waals surface area contributed by atoms with Crippen molar-refractivity contribution in [3.05, 3.63) is 94.9 Å². The van der Waals surface area contributed by atoms with Crippen LogP contribution in [0.25, 0.3) is 22.4 Å². The van der Waals surface area contributed by atoms with Gasteiger partial charge in [-0.2, -0.15) is 0 Å². The number of aliphatic imine (C=N–C) groups is 1. The van der Waals surface area contributed by atoms with Crippen LogP contribution in [0.5, 0.6) is 5.75 Å². The van der Waals surface area contributed by atoms with E-state index in [2.05, 4.69) is 26.3 Å². The molecule has 1 aliphatic heterocycles. The van der Waals surface area contributed by atoms with Gasteiger partial charge < -0.3 is 29.8 Å². The Kier molecular flexibility index (Phi) is 8.92. The van der Waals surface area contributed by atoms with Gasteiger partial charge in [-0.1, -0.05) is 29.8 Å². The summed E-state index contributed by atoms with van der Waals surface area (Å²) in [6.45, 7) is 0.0216. The fraction of sp³-hybridized carbons (Fsp3) is 0.303. The van der Waals surface area contributed by atoms with Crippen molar-refractivity contribution in [3.63, 3.8) is 0 Å². The smallest absolute Gasteiger partial charge is 0.254 e. The van der Waals surface area contributed by atoms with Gasteiger partial charge in [0.1, 0.15) is 30.2 Å². The average molecular weight is 618 g/mol. The Balaban J connectivity index is 1.42. The normalized spacial score (nSPS) is 21.3. The van der Waals surface area contributed by atoms with E-state index in [1.54, 1.807) is 13.3 Å². The zero-order chi connectivity index (χ0) is 30.6. The van der Waals surface area contributed by atoms with Gasteiger partial charge in [-0.05, 0) is 79.6 Å². The molecule has 1 aliphatic carbocycles. The van der Waals surface area contributed by atoms with Gasteiger partial charge >= 0.3 is 0 Å². The van der Waals surface area contributed by atoms with Gasteiger partial charge in [-0.3, -0.25) is 9.79 Å². The highest BCUT2D eigenvalue weighted by Gasteiger charge is 2.34. The maximum absolute atomic E-state index is 14.5. The summed E-state index contributed by atoms with van der Waals surface area (Å²) in [5.74, 6) is 0.132. The number of nitrogens with one attached hydrogen (secondary N) is 2. The van der Waals surface area contributed by atoms with Gasteiger partial charge in [0, 0.05) is 30.4 Å². The first kappa shape index (κ1) is 29.8. The van der Waals surface area contributed by atoms with Crippen molar-refractivity contribution in [3.8, 4) is 17.1 Å². The fourth-order valence-corrected chi connectivity index (χ4v) is 6.19. The van der Waals surface area contributed by atoms with Gasteiger partial charge in [-0.15, -0.1) is 0 Å². The Morgan fingerprint density at radius 2 is 2.02 bits per heavy atom. The number of ether oxygens (including phenoxy) is 2. The van der Waals surface area contributed by atoms with Crippen LogP contribution < -0.4 is 15.4 Å². The van der Waals surface area contributed by atoms with Crippen LogP contribution in [0.1, 0.15) is 47.4 Å². The van der Waals surface area contributed by atoms with E-state index in [0.29, 0.717) is 30.8 Å². The molecule has 44 heavy (non-hydrogen) atoms. The molecular weight excluding hydrogens is 585 g/mol. The van der Waals surface area contributed by atoms with Crippen LogP contribution in [0.3, 0.4) is 0 Å². The number of aliphatic hydroxyl groups is 1. The molecule has 3 N–H and O–H groups in total. The molecule has 1 aromatic heterocycles. The standard InChI is InChI=1S/C33H33ClFN5O4/c1-43-24-18-22(38-33(42)26-16-21(34)8-9-27(26)35)17-23(19-24)40-29-15-20(31-36-11-4-12-37-31)7-10-28(29)39-32(40)25-5-2-3-6-30(25)44-14-13-41/h2-12,15-16,22-24,31,36,41H,13-14,17-19H2,1H3,(H,38,42)/t22-,23+,24+,31?/m1/s1. The molecule has 2 aliphatic rings. The van der Waals surface area contributed by atoms with E-state index >= 15 is 0 Å². The quantitative estimate of drug-likeness (QED) is 0.226. The molecule has 2 heterocycles. The topological polar surface area (TPSA) is 110 Å². The van der Waals surface area contributed by atoms with Crippen LogP contribution in [-0.4, -0.2) is 59.2 Å². The third-order valence-corrected chi connectivity index (χ3v) is 8.26. The summed E-state index contributed by atoms with van der Waals surface area (Å²) < 4.78 is 28.5. The molecule has 9 nitrogen and oxygen atoms in total. The summed E-state index contributed by atoms with van der Waals surface area (Å²) in [5.41, 5.74) is 3.33. The number of rotatable bonds is 9. The SMILES string of the molecule is CO[C@H]1C[C@H](NC(=O)c2cc(Cl)ccc2F)C[C@H](n2c(-c3ccccc3OCCO)nc3ccc(C4N=CC=CN4)cc32)C1. The van der Waals surface area contributed by atoms with Crippen LogP contribution in [0.2, 0.25) is 5.02 Å². The Morgan fingerprint density at radius 3 is 2.82 bits per heavy atom. The predicted octanol–water partition coefficient (Wildman–Crippen LogP) is 5.59. The van der Waals surface area contributed by atoms with Gasteiger partial charge in [0.05, 0.1) is 34.9 Å². The molecule has 0 saturated heterocycles. The van der Waals surface area contributed by atoms with Crippen molar-refractivity contribution >= 4 is 34.8 Å². The molecule has 4 aromatic rings. The first-order valence-corrected chi connectivity index (χ1v) is 14.9. The number of para-hydroxylation sites is 1. The third kappa shape index (κ3) is 6.19. The number of carbonyl (C=O) groups excluding carboxylic acids is 1. The highest BCUT2D eigenvalue weighted by atomic mass is 35.5. The van der Waals surface area contributed by atoms with E-state index in [9.17, 15) is 14.3 Å². The zero-order valence-corrected chi connectivity index (χ0v) is 24.9. The number of benzene rings is 3. The van der Waals surface area contributed by atoms with Crippen LogP contribution >= 0.6 is 11.6 Å². The summed E-state index contributed by atoms with van der Waals surface area (Å²) in [6, 6.07) is 17.2. The lowest BCUT2D eigenvalue weighted by Crippen LogP contribution is -2.43. The molecule has 1 saturated carbocycles. The molecule has 0 spiro atoms. The third-order valence-electron chi connectivity index (χ3n) is 8.02. The predicted molar refractivity (Wildman–Crippen MR) is 168 cm³/mol. The lowest BCUT2D eigenvalue weighted by atomic mass is 9.87. The maximum atomic E-state index is 14.5.